The third-order valence-electron chi connectivity index (χ3n) is 3.53. The van der Waals surface area contributed by atoms with E-state index in [1.807, 2.05) is 31.2 Å². The van der Waals surface area contributed by atoms with Gasteiger partial charge in [0.2, 0.25) is 0 Å². The van der Waals surface area contributed by atoms with Crippen LogP contribution < -0.4 is 0 Å². The standard InChI is InChI=1S/C15H20Cl2N2O2/c1-2-21-15(20)19-8-6-18(7-9-19)11-14(17)12-4-3-5-13(16)10-12/h3-5,10,14H,2,6-9,11H2,1H3. The highest BCUT2D eigenvalue weighted by Gasteiger charge is 2.23. The second-order valence-electron chi connectivity index (χ2n) is 5.01. The largest absolute Gasteiger partial charge is 0.450 e. The number of amides is 1. The van der Waals surface area contributed by atoms with Crippen LogP contribution in [0.25, 0.3) is 0 Å². The van der Waals surface area contributed by atoms with Crippen molar-refractivity contribution in [3.63, 3.8) is 0 Å². The van der Waals surface area contributed by atoms with Gasteiger partial charge >= 0.3 is 6.09 Å². The molecule has 1 fully saturated rings. The van der Waals surface area contributed by atoms with E-state index < -0.39 is 0 Å². The Balaban J connectivity index is 1.82. The number of rotatable bonds is 4. The van der Waals surface area contributed by atoms with E-state index in [1.54, 1.807) is 4.90 Å². The van der Waals surface area contributed by atoms with Crippen molar-refractivity contribution in [2.24, 2.45) is 0 Å². The van der Waals surface area contributed by atoms with Gasteiger partial charge in [0.1, 0.15) is 0 Å². The van der Waals surface area contributed by atoms with Crippen LogP contribution in [-0.2, 0) is 4.74 Å². The van der Waals surface area contributed by atoms with E-state index in [-0.39, 0.29) is 11.5 Å². The molecule has 1 aliphatic rings. The minimum Gasteiger partial charge on any atom is -0.450 e. The van der Waals surface area contributed by atoms with Gasteiger partial charge in [-0.1, -0.05) is 23.7 Å². The molecule has 1 aliphatic heterocycles. The summed E-state index contributed by atoms with van der Waals surface area (Å²) in [4.78, 5) is 15.6. The number of carbonyl (C=O) groups is 1. The van der Waals surface area contributed by atoms with Crippen molar-refractivity contribution in [3.05, 3.63) is 34.9 Å². The molecule has 0 aliphatic carbocycles. The highest BCUT2D eigenvalue weighted by atomic mass is 35.5. The molecule has 1 aromatic rings. The molecule has 116 valence electrons. The Bertz CT molecular complexity index is 476. The van der Waals surface area contributed by atoms with Gasteiger partial charge in [-0.3, -0.25) is 4.90 Å². The first-order chi connectivity index (χ1) is 10.1. The molecule has 1 unspecified atom stereocenters. The molecule has 4 nitrogen and oxygen atoms in total. The summed E-state index contributed by atoms with van der Waals surface area (Å²) in [6.45, 7) is 5.95. The smallest absolute Gasteiger partial charge is 0.409 e. The summed E-state index contributed by atoms with van der Waals surface area (Å²) in [6.07, 6.45) is -0.227. The quantitative estimate of drug-likeness (QED) is 0.793. The maximum Gasteiger partial charge on any atom is 0.409 e. The molecule has 2 rings (SSSR count). The molecule has 1 saturated heterocycles. The molecular formula is C15H20Cl2N2O2. The number of halogens is 2. The molecule has 0 saturated carbocycles. The third kappa shape index (κ3) is 4.77. The Kier molecular flexibility index (Phi) is 6.15. The summed E-state index contributed by atoms with van der Waals surface area (Å²) in [5.41, 5.74) is 1.02. The van der Waals surface area contributed by atoms with Gasteiger partial charge < -0.3 is 9.64 Å². The Morgan fingerprint density at radius 1 is 1.33 bits per heavy atom. The van der Waals surface area contributed by atoms with Gasteiger partial charge in [-0.2, -0.15) is 0 Å². The summed E-state index contributed by atoms with van der Waals surface area (Å²) in [5.74, 6) is 0. The SMILES string of the molecule is CCOC(=O)N1CCN(CC(Cl)c2cccc(Cl)c2)CC1. The van der Waals surface area contributed by atoms with Gasteiger partial charge in [-0.05, 0) is 24.6 Å². The molecule has 0 spiro atoms. The van der Waals surface area contributed by atoms with Crippen LogP contribution >= 0.6 is 23.2 Å². The monoisotopic (exact) mass is 330 g/mol. The average molecular weight is 331 g/mol. The number of hydrogen-bond acceptors (Lipinski definition) is 3. The van der Waals surface area contributed by atoms with Crippen molar-refractivity contribution < 1.29 is 9.53 Å². The molecule has 0 bridgehead atoms. The number of carbonyl (C=O) groups excluding carboxylic acids is 1. The Hall–Kier alpha value is -0.970. The lowest BCUT2D eigenvalue weighted by molar-refractivity contribution is 0.0796. The van der Waals surface area contributed by atoms with Crippen LogP contribution in [0.15, 0.2) is 24.3 Å². The topological polar surface area (TPSA) is 32.8 Å². The fourth-order valence-corrected chi connectivity index (χ4v) is 2.89. The van der Waals surface area contributed by atoms with E-state index in [9.17, 15) is 4.79 Å². The van der Waals surface area contributed by atoms with Crippen molar-refractivity contribution in [2.75, 3.05) is 39.3 Å². The highest BCUT2D eigenvalue weighted by molar-refractivity contribution is 6.30. The van der Waals surface area contributed by atoms with Gasteiger partial charge in [-0.25, -0.2) is 4.79 Å². The second-order valence-corrected chi connectivity index (χ2v) is 5.97. The van der Waals surface area contributed by atoms with Crippen LogP contribution in [0.5, 0.6) is 0 Å². The number of benzene rings is 1. The van der Waals surface area contributed by atoms with Crippen molar-refractivity contribution in [1.29, 1.82) is 0 Å². The molecule has 0 N–H and O–H groups in total. The molecule has 0 aromatic heterocycles. The second kappa shape index (κ2) is 7.87. The first-order valence-corrected chi connectivity index (χ1v) is 7.95. The van der Waals surface area contributed by atoms with E-state index >= 15 is 0 Å². The lowest BCUT2D eigenvalue weighted by atomic mass is 10.1. The summed E-state index contributed by atoms with van der Waals surface area (Å²) in [5, 5.41) is 0.600. The van der Waals surface area contributed by atoms with Gasteiger partial charge in [0.25, 0.3) is 0 Å². The zero-order valence-corrected chi connectivity index (χ0v) is 13.6. The lowest BCUT2D eigenvalue weighted by Gasteiger charge is -2.34. The molecule has 1 amide bonds. The van der Waals surface area contributed by atoms with Crippen molar-refractivity contribution in [2.45, 2.75) is 12.3 Å². The molecule has 1 atom stereocenters. The van der Waals surface area contributed by atoms with Crippen LogP contribution in [0.1, 0.15) is 17.9 Å². The zero-order chi connectivity index (χ0) is 15.2. The summed E-state index contributed by atoms with van der Waals surface area (Å²) >= 11 is 12.4. The third-order valence-corrected chi connectivity index (χ3v) is 4.15. The predicted molar refractivity (Wildman–Crippen MR) is 85.1 cm³/mol. The van der Waals surface area contributed by atoms with Crippen LogP contribution in [0.3, 0.4) is 0 Å². The maximum atomic E-state index is 11.6. The summed E-state index contributed by atoms with van der Waals surface area (Å²) < 4.78 is 5.01. The van der Waals surface area contributed by atoms with Gasteiger partial charge in [0, 0.05) is 37.7 Å². The number of hydrogen-bond donors (Lipinski definition) is 0. The van der Waals surface area contributed by atoms with E-state index in [1.165, 1.54) is 0 Å². The lowest BCUT2D eigenvalue weighted by Crippen LogP contribution is -2.49. The fraction of sp³-hybridized carbons (Fsp3) is 0.533. The number of nitrogens with zero attached hydrogens (tertiary/aromatic N) is 2. The summed E-state index contributed by atoms with van der Waals surface area (Å²) in [7, 11) is 0. The van der Waals surface area contributed by atoms with Gasteiger partial charge in [0.05, 0.1) is 12.0 Å². The van der Waals surface area contributed by atoms with Crippen molar-refractivity contribution in [1.82, 2.24) is 9.80 Å². The Labute approximate surface area is 135 Å². The first kappa shape index (κ1) is 16.4. The molecule has 6 heteroatoms. The van der Waals surface area contributed by atoms with Gasteiger partial charge in [-0.15, -0.1) is 11.6 Å². The minimum absolute atomic E-state index is 0.0992. The van der Waals surface area contributed by atoms with E-state index in [2.05, 4.69) is 4.90 Å². The van der Waals surface area contributed by atoms with Crippen LogP contribution in [0.2, 0.25) is 5.02 Å². The van der Waals surface area contributed by atoms with Gasteiger partial charge in [0.15, 0.2) is 0 Å². The van der Waals surface area contributed by atoms with Crippen LogP contribution in [-0.4, -0.2) is 55.2 Å². The first-order valence-electron chi connectivity index (χ1n) is 7.13. The number of alkyl halides is 1. The van der Waals surface area contributed by atoms with Crippen molar-refractivity contribution >= 4 is 29.3 Å². The minimum atomic E-state index is -0.227. The molecule has 1 aromatic carbocycles. The number of ether oxygens (including phenoxy) is 1. The molecule has 21 heavy (non-hydrogen) atoms. The van der Waals surface area contributed by atoms with E-state index in [0.29, 0.717) is 24.7 Å². The highest BCUT2D eigenvalue weighted by Crippen LogP contribution is 2.24. The normalized spacial score (nSPS) is 17.6. The van der Waals surface area contributed by atoms with Crippen molar-refractivity contribution in [3.8, 4) is 0 Å². The molecular weight excluding hydrogens is 311 g/mol. The van der Waals surface area contributed by atoms with Crippen LogP contribution in [0.4, 0.5) is 4.79 Å². The average Bonchev–Trinajstić information content (AvgIpc) is 2.48. The van der Waals surface area contributed by atoms with Crippen LogP contribution in [0, 0.1) is 0 Å². The zero-order valence-electron chi connectivity index (χ0n) is 12.1. The maximum absolute atomic E-state index is 11.6. The van der Waals surface area contributed by atoms with E-state index in [4.69, 9.17) is 27.9 Å². The summed E-state index contributed by atoms with van der Waals surface area (Å²) in [6, 6.07) is 7.63. The Morgan fingerprint density at radius 3 is 2.67 bits per heavy atom. The van der Waals surface area contributed by atoms with E-state index in [0.717, 1.165) is 25.2 Å². The predicted octanol–water partition coefficient (Wildman–Crippen LogP) is 3.39. The number of piperazine rings is 1. The Morgan fingerprint density at radius 2 is 2.05 bits per heavy atom. The molecule has 1 heterocycles. The molecule has 0 radical (unpaired) electrons. The fourth-order valence-electron chi connectivity index (χ4n) is 2.36.